The van der Waals surface area contributed by atoms with Gasteiger partial charge in [-0.2, -0.15) is 0 Å². The van der Waals surface area contributed by atoms with Gasteiger partial charge in [-0.25, -0.2) is 4.39 Å². The van der Waals surface area contributed by atoms with Gasteiger partial charge in [0.05, 0.1) is 9.93 Å². The molecule has 0 atom stereocenters. The van der Waals surface area contributed by atoms with E-state index < -0.39 is 5.82 Å². The molecule has 3 nitrogen and oxygen atoms in total. The predicted molar refractivity (Wildman–Crippen MR) is 112 cm³/mol. The van der Waals surface area contributed by atoms with Crippen molar-refractivity contribution in [2.75, 3.05) is 6.54 Å². The number of para-hydroxylation sites is 1. The van der Waals surface area contributed by atoms with Gasteiger partial charge in [-0.05, 0) is 30.7 Å². The van der Waals surface area contributed by atoms with Crippen molar-refractivity contribution >= 4 is 51.9 Å². The normalized spacial score (nSPS) is 15.7. The quantitative estimate of drug-likeness (QED) is 0.444. The average molecular weight is 422 g/mol. The van der Waals surface area contributed by atoms with Crippen LogP contribution in [0.25, 0.3) is 6.08 Å². The van der Waals surface area contributed by atoms with Crippen LogP contribution in [0.15, 0.2) is 47.4 Å². The standard InChI is InChI=1S/C20H17ClFNO2S2/c1-2-10-23-19(24)18(27-20(23)26)11-13-6-3-4-9-17(13)25-12-14-15(21)7-5-8-16(14)22/h3-9,11H,2,10,12H2,1H3/b18-11+. The van der Waals surface area contributed by atoms with Crippen LogP contribution in [0.5, 0.6) is 5.75 Å². The second-order valence-electron chi connectivity index (χ2n) is 5.86. The number of ether oxygens (including phenoxy) is 1. The van der Waals surface area contributed by atoms with Crippen LogP contribution < -0.4 is 4.74 Å². The van der Waals surface area contributed by atoms with Crippen LogP contribution in [0.2, 0.25) is 5.02 Å². The Morgan fingerprint density at radius 3 is 2.78 bits per heavy atom. The van der Waals surface area contributed by atoms with Crippen LogP contribution in [-0.4, -0.2) is 21.7 Å². The van der Waals surface area contributed by atoms with Crippen LogP contribution in [0.1, 0.15) is 24.5 Å². The van der Waals surface area contributed by atoms with Crippen molar-refractivity contribution in [1.82, 2.24) is 4.90 Å². The number of amides is 1. The fraction of sp³-hybridized carbons (Fsp3) is 0.200. The van der Waals surface area contributed by atoms with Gasteiger partial charge in [0, 0.05) is 17.7 Å². The minimum atomic E-state index is -0.416. The van der Waals surface area contributed by atoms with E-state index in [2.05, 4.69) is 0 Å². The number of thioether (sulfide) groups is 1. The molecule has 0 aromatic heterocycles. The molecular weight excluding hydrogens is 405 g/mol. The fourth-order valence-electron chi connectivity index (χ4n) is 2.61. The molecule has 2 aromatic carbocycles. The van der Waals surface area contributed by atoms with Crippen molar-refractivity contribution in [2.24, 2.45) is 0 Å². The zero-order valence-electron chi connectivity index (χ0n) is 14.6. The monoisotopic (exact) mass is 421 g/mol. The highest BCUT2D eigenvalue weighted by Crippen LogP contribution is 2.34. The number of thiocarbonyl (C=S) groups is 1. The SMILES string of the molecule is CCCN1C(=O)/C(=C\c2ccccc2OCc2c(F)cccc2Cl)SC1=S. The summed E-state index contributed by atoms with van der Waals surface area (Å²) in [6.45, 7) is 2.60. The molecule has 27 heavy (non-hydrogen) atoms. The molecule has 1 amide bonds. The van der Waals surface area contributed by atoms with Gasteiger partial charge in [0.15, 0.2) is 0 Å². The minimum absolute atomic E-state index is 0.00679. The fourth-order valence-corrected chi connectivity index (χ4v) is 4.13. The Morgan fingerprint density at radius 1 is 1.26 bits per heavy atom. The Hall–Kier alpha value is -1.89. The highest BCUT2D eigenvalue weighted by atomic mass is 35.5. The summed E-state index contributed by atoms with van der Waals surface area (Å²) in [5, 5.41) is 0.313. The van der Waals surface area contributed by atoms with Crippen LogP contribution >= 0.6 is 35.6 Å². The molecule has 0 aliphatic carbocycles. The maximum absolute atomic E-state index is 13.9. The van der Waals surface area contributed by atoms with Crippen LogP contribution in [0.3, 0.4) is 0 Å². The maximum atomic E-state index is 13.9. The molecule has 0 saturated carbocycles. The summed E-state index contributed by atoms with van der Waals surface area (Å²) in [6.07, 6.45) is 2.59. The first-order chi connectivity index (χ1) is 13.0. The molecule has 0 bridgehead atoms. The largest absolute Gasteiger partial charge is 0.488 e. The van der Waals surface area contributed by atoms with E-state index in [1.807, 2.05) is 25.1 Å². The summed E-state index contributed by atoms with van der Waals surface area (Å²) in [7, 11) is 0. The van der Waals surface area contributed by atoms with Gasteiger partial charge in [-0.15, -0.1) is 0 Å². The van der Waals surface area contributed by atoms with Crippen molar-refractivity contribution in [3.8, 4) is 5.75 Å². The molecular formula is C20H17ClFNO2S2. The summed E-state index contributed by atoms with van der Waals surface area (Å²) >= 11 is 12.6. The predicted octanol–water partition coefficient (Wildman–Crippen LogP) is 5.67. The van der Waals surface area contributed by atoms with Crippen molar-refractivity contribution in [1.29, 1.82) is 0 Å². The number of hydrogen-bond acceptors (Lipinski definition) is 4. The van der Waals surface area contributed by atoms with Crippen LogP contribution in [-0.2, 0) is 11.4 Å². The third-order valence-corrected chi connectivity index (χ3v) is 5.69. The Labute approximate surface area is 172 Å². The molecule has 1 aliphatic rings. The van der Waals surface area contributed by atoms with E-state index >= 15 is 0 Å². The van der Waals surface area contributed by atoms with Gasteiger partial charge in [-0.3, -0.25) is 9.69 Å². The lowest BCUT2D eigenvalue weighted by Gasteiger charge is -2.12. The third-order valence-electron chi connectivity index (χ3n) is 3.96. The number of carbonyl (C=O) groups excluding carboxylic acids is 1. The molecule has 0 spiro atoms. The molecule has 0 N–H and O–H groups in total. The highest BCUT2D eigenvalue weighted by Gasteiger charge is 2.31. The summed E-state index contributed by atoms with van der Waals surface area (Å²) in [6, 6.07) is 11.8. The van der Waals surface area contributed by atoms with Crippen molar-refractivity contribution in [2.45, 2.75) is 20.0 Å². The molecule has 140 valence electrons. The van der Waals surface area contributed by atoms with E-state index in [0.717, 1.165) is 12.0 Å². The summed E-state index contributed by atoms with van der Waals surface area (Å²) in [5.74, 6) is 0.0248. The Kier molecular flexibility index (Phi) is 6.52. The molecule has 1 fully saturated rings. The molecule has 3 rings (SSSR count). The molecule has 0 unspecified atom stereocenters. The zero-order chi connectivity index (χ0) is 19.4. The molecule has 2 aromatic rings. The summed E-state index contributed by atoms with van der Waals surface area (Å²) < 4.78 is 20.3. The summed E-state index contributed by atoms with van der Waals surface area (Å²) in [4.78, 5) is 14.7. The van der Waals surface area contributed by atoms with Crippen molar-refractivity contribution in [3.05, 3.63) is 69.3 Å². The Bertz CT molecular complexity index is 896. The van der Waals surface area contributed by atoms with E-state index in [4.69, 9.17) is 28.6 Å². The average Bonchev–Trinajstić information content (AvgIpc) is 2.90. The lowest BCUT2D eigenvalue weighted by Crippen LogP contribution is -2.28. The van der Waals surface area contributed by atoms with Crippen molar-refractivity contribution in [3.63, 3.8) is 0 Å². The number of benzene rings is 2. The highest BCUT2D eigenvalue weighted by molar-refractivity contribution is 8.26. The van der Waals surface area contributed by atoms with Gasteiger partial charge < -0.3 is 4.74 Å². The Morgan fingerprint density at radius 2 is 2.04 bits per heavy atom. The maximum Gasteiger partial charge on any atom is 0.266 e. The second kappa shape index (κ2) is 8.87. The first-order valence-electron chi connectivity index (χ1n) is 8.41. The lowest BCUT2D eigenvalue weighted by atomic mass is 10.1. The molecule has 1 saturated heterocycles. The number of halogens is 2. The van der Waals surface area contributed by atoms with E-state index in [9.17, 15) is 9.18 Å². The molecule has 7 heteroatoms. The number of nitrogens with zero attached hydrogens (tertiary/aromatic N) is 1. The Balaban J connectivity index is 1.83. The molecule has 1 aliphatic heterocycles. The van der Waals surface area contributed by atoms with Crippen molar-refractivity contribution < 1.29 is 13.9 Å². The van der Waals surface area contributed by atoms with Gasteiger partial charge in [0.25, 0.3) is 5.91 Å². The first-order valence-corrected chi connectivity index (χ1v) is 10.0. The topological polar surface area (TPSA) is 29.5 Å². The number of rotatable bonds is 6. The number of carbonyl (C=O) groups is 1. The smallest absolute Gasteiger partial charge is 0.266 e. The first kappa shape index (κ1) is 19.9. The lowest BCUT2D eigenvalue weighted by molar-refractivity contribution is -0.122. The molecule has 1 heterocycles. The van der Waals surface area contributed by atoms with Crippen LogP contribution in [0.4, 0.5) is 4.39 Å². The van der Waals surface area contributed by atoms with E-state index in [1.54, 1.807) is 29.2 Å². The van der Waals surface area contributed by atoms with Gasteiger partial charge in [0.2, 0.25) is 0 Å². The number of hydrogen-bond donors (Lipinski definition) is 0. The van der Waals surface area contributed by atoms with E-state index in [1.165, 1.54) is 17.8 Å². The van der Waals surface area contributed by atoms with Gasteiger partial charge in [0.1, 0.15) is 22.5 Å². The van der Waals surface area contributed by atoms with E-state index in [0.29, 0.717) is 32.1 Å². The zero-order valence-corrected chi connectivity index (χ0v) is 17.0. The van der Waals surface area contributed by atoms with Crippen LogP contribution in [0, 0.1) is 5.82 Å². The van der Waals surface area contributed by atoms with E-state index in [-0.39, 0.29) is 12.5 Å². The third kappa shape index (κ3) is 4.51. The van der Waals surface area contributed by atoms with Gasteiger partial charge >= 0.3 is 0 Å². The minimum Gasteiger partial charge on any atom is -0.488 e. The second-order valence-corrected chi connectivity index (χ2v) is 7.94. The molecule has 0 radical (unpaired) electrons. The summed E-state index contributed by atoms with van der Waals surface area (Å²) in [5.41, 5.74) is 1.02. The van der Waals surface area contributed by atoms with Gasteiger partial charge in [-0.1, -0.05) is 66.8 Å².